The van der Waals surface area contributed by atoms with E-state index in [0.717, 1.165) is 39.1 Å². The van der Waals surface area contributed by atoms with Crippen molar-refractivity contribution in [1.29, 1.82) is 0 Å². The van der Waals surface area contributed by atoms with E-state index in [1.807, 2.05) is 97.9 Å². The molecular weight excluding hydrogens is 620 g/mol. The Morgan fingerprint density at radius 2 is 1.17 bits per heavy atom. The van der Waals surface area contributed by atoms with Crippen LogP contribution in [0.3, 0.4) is 0 Å². The Bertz CT molecular complexity index is 1730. The van der Waals surface area contributed by atoms with Crippen LogP contribution in [0.15, 0.2) is 146 Å². The molecule has 6 rings (SSSR count). The Morgan fingerprint density at radius 1 is 0.625 bits per heavy atom. The van der Waals surface area contributed by atoms with Crippen molar-refractivity contribution < 1.29 is 23.7 Å². The highest BCUT2D eigenvalue weighted by atomic mass is 35.5. The molecule has 0 amide bonds. The van der Waals surface area contributed by atoms with Crippen LogP contribution in [-0.4, -0.2) is 24.9 Å². The van der Waals surface area contributed by atoms with Crippen molar-refractivity contribution in [1.82, 2.24) is 0 Å². The van der Waals surface area contributed by atoms with Gasteiger partial charge in [-0.25, -0.2) is 0 Å². The lowest BCUT2D eigenvalue weighted by Gasteiger charge is -2.43. The van der Waals surface area contributed by atoms with Gasteiger partial charge < -0.3 is 23.7 Å². The van der Waals surface area contributed by atoms with Crippen LogP contribution in [0.4, 0.5) is 0 Å². The zero-order valence-electron chi connectivity index (χ0n) is 27.2. The summed E-state index contributed by atoms with van der Waals surface area (Å²) in [4.78, 5) is 0. The Kier molecular flexibility index (Phi) is 11.6. The molecule has 0 spiro atoms. The highest BCUT2D eigenvalue weighted by Gasteiger charge is 2.46. The van der Waals surface area contributed by atoms with E-state index in [0.29, 0.717) is 43.6 Å². The van der Waals surface area contributed by atoms with Gasteiger partial charge in [0.1, 0.15) is 29.8 Å². The van der Waals surface area contributed by atoms with E-state index in [-0.39, 0.29) is 0 Å². The summed E-state index contributed by atoms with van der Waals surface area (Å²) in [6.45, 7) is 8.09. The Morgan fingerprint density at radius 3 is 1.73 bits per heavy atom. The largest absolute Gasteiger partial charge is 0.494 e. The summed E-state index contributed by atoms with van der Waals surface area (Å²) in [7, 11) is 0. The van der Waals surface area contributed by atoms with Gasteiger partial charge in [0.15, 0.2) is 6.10 Å². The van der Waals surface area contributed by atoms with Crippen LogP contribution >= 0.6 is 11.6 Å². The maximum Gasteiger partial charge on any atom is 0.152 e. The van der Waals surface area contributed by atoms with Gasteiger partial charge in [-0.3, -0.25) is 0 Å². The molecule has 5 aromatic rings. The highest BCUT2D eigenvalue weighted by Crippen LogP contribution is 2.40. The molecule has 6 heteroatoms. The van der Waals surface area contributed by atoms with Crippen molar-refractivity contribution in [3.63, 3.8) is 0 Å². The smallest absolute Gasteiger partial charge is 0.152 e. The first-order chi connectivity index (χ1) is 23.6. The molecule has 1 aliphatic rings. The highest BCUT2D eigenvalue weighted by molar-refractivity contribution is 6.31. The van der Waals surface area contributed by atoms with Gasteiger partial charge in [0.2, 0.25) is 0 Å². The van der Waals surface area contributed by atoms with Crippen LogP contribution in [0.25, 0.3) is 0 Å². The molecule has 0 unspecified atom stereocenters. The maximum atomic E-state index is 6.78. The minimum atomic E-state index is -0.568. The SMILES string of the molecule is C=C1O[C@@H](c2ccc(Cl)c(Cc3ccc(OCC)cc3)c2)[C@H](OCc2ccccc2)[C@@H](OCc2ccccc2)[C@@H]1OCc1ccccc1. The number of halogens is 1. The maximum absolute atomic E-state index is 6.78. The molecule has 4 atom stereocenters. The third-order valence-electron chi connectivity index (χ3n) is 8.39. The van der Waals surface area contributed by atoms with Crippen molar-refractivity contribution in [3.05, 3.63) is 184 Å². The van der Waals surface area contributed by atoms with Crippen LogP contribution in [-0.2, 0) is 45.2 Å². The molecule has 0 radical (unpaired) electrons. The molecule has 5 aromatic carbocycles. The van der Waals surface area contributed by atoms with Gasteiger partial charge in [-0.05, 0) is 64.9 Å². The first-order valence-electron chi connectivity index (χ1n) is 16.4. The Balaban J connectivity index is 1.32. The summed E-state index contributed by atoms with van der Waals surface area (Å²) < 4.78 is 32.3. The lowest BCUT2D eigenvalue weighted by molar-refractivity contribution is -0.216. The minimum absolute atomic E-state index is 0.376. The fraction of sp³-hybridized carbons (Fsp3) is 0.238. The van der Waals surface area contributed by atoms with E-state index >= 15 is 0 Å². The van der Waals surface area contributed by atoms with Gasteiger partial charge in [0, 0.05) is 5.02 Å². The van der Waals surface area contributed by atoms with Crippen LogP contribution in [0.5, 0.6) is 5.75 Å². The summed E-state index contributed by atoms with van der Waals surface area (Å²) in [6, 6.07) is 44.5. The van der Waals surface area contributed by atoms with E-state index < -0.39 is 24.4 Å². The van der Waals surface area contributed by atoms with E-state index in [1.54, 1.807) is 0 Å². The molecule has 5 nitrogen and oxygen atoms in total. The summed E-state index contributed by atoms with van der Waals surface area (Å²) >= 11 is 6.78. The Labute approximate surface area is 288 Å². The molecule has 0 N–H and O–H groups in total. The van der Waals surface area contributed by atoms with Crippen molar-refractivity contribution in [2.45, 2.75) is 57.6 Å². The molecule has 0 aliphatic carbocycles. The number of hydrogen-bond donors (Lipinski definition) is 0. The van der Waals surface area contributed by atoms with Gasteiger partial charge in [-0.15, -0.1) is 0 Å². The number of benzene rings is 5. The average Bonchev–Trinajstić information content (AvgIpc) is 3.12. The van der Waals surface area contributed by atoms with E-state index in [1.165, 1.54) is 0 Å². The lowest BCUT2D eigenvalue weighted by atomic mass is 9.91. The first kappa shape index (κ1) is 33.5. The summed E-state index contributed by atoms with van der Waals surface area (Å²) in [5.41, 5.74) is 6.19. The molecule has 1 saturated heterocycles. The number of hydrogen-bond acceptors (Lipinski definition) is 5. The lowest BCUT2D eigenvalue weighted by Crippen LogP contribution is -2.51. The van der Waals surface area contributed by atoms with Crippen LogP contribution in [0.1, 0.15) is 46.4 Å². The van der Waals surface area contributed by atoms with Crippen LogP contribution < -0.4 is 4.74 Å². The van der Waals surface area contributed by atoms with Gasteiger partial charge in [-0.1, -0.05) is 133 Å². The van der Waals surface area contributed by atoms with Crippen molar-refractivity contribution >= 4 is 11.6 Å². The molecule has 1 aliphatic heterocycles. The third kappa shape index (κ3) is 8.74. The van der Waals surface area contributed by atoms with Gasteiger partial charge in [0.05, 0.1) is 26.4 Å². The zero-order valence-corrected chi connectivity index (χ0v) is 27.9. The van der Waals surface area contributed by atoms with Gasteiger partial charge in [0.25, 0.3) is 0 Å². The van der Waals surface area contributed by atoms with Crippen molar-refractivity contribution in [2.75, 3.05) is 6.61 Å². The fourth-order valence-electron chi connectivity index (χ4n) is 5.93. The zero-order chi connectivity index (χ0) is 33.1. The summed E-state index contributed by atoms with van der Waals surface area (Å²) in [5.74, 6) is 1.34. The van der Waals surface area contributed by atoms with E-state index in [9.17, 15) is 0 Å². The minimum Gasteiger partial charge on any atom is -0.494 e. The standard InChI is InChI=1S/C42H41ClO5/c1-3-44-37-22-19-31(20-23-37)25-36-26-35(21-24-38(36)43)40-42(47-29-34-17-11-6-12-18-34)41(46-28-33-15-9-5-10-16-33)39(30(2)48-40)45-27-32-13-7-4-8-14-32/h4-24,26,39-42H,2-3,25,27-29H2,1H3/t39-,40+,41+,42+/m1/s1. The second kappa shape index (κ2) is 16.6. The number of rotatable bonds is 14. The van der Waals surface area contributed by atoms with Gasteiger partial charge in [-0.2, -0.15) is 0 Å². The molecule has 246 valence electrons. The molecule has 1 fully saturated rings. The second-order valence-electron chi connectivity index (χ2n) is 11.8. The average molecular weight is 661 g/mol. The predicted molar refractivity (Wildman–Crippen MR) is 190 cm³/mol. The van der Waals surface area contributed by atoms with Crippen molar-refractivity contribution in [3.8, 4) is 5.75 Å². The fourth-order valence-corrected chi connectivity index (χ4v) is 6.11. The normalized spacial score (nSPS) is 19.1. The van der Waals surface area contributed by atoms with Crippen molar-refractivity contribution in [2.24, 2.45) is 0 Å². The molecule has 0 saturated carbocycles. The van der Waals surface area contributed by atoms with Crippen LogP contribution in [0, 0.1) is 0 Å². The number of ether oxygens (including phenoxy) is 5. The predicted octanol–water partition coefficient (Wildman–Crippen LogP) is 9.67. The molecule has 48 heavy (non-hydrogen) atoms. The summed E-state index contributed by atoms with van der Waals surface area (Å²) in [5, 5.41) is 0.685. The van der Waals surface area contributed by atoms with E-state index in [2.05, 4.69) is 49.0 Å². The molecule has 1 heterocycles. The van der Waals surface area contributed by atoms with Crippen LogP contribution in [0.2, 0.25) is 5.02 Å². The van der Waals surface area contributed by atoms with Gasteiger partial charge >= 0.3 is 0 Å². The monoisotopic (exact) mass is 660 g/mol. The molecule has 0 aromatic heterocycles. The quantitative estimate of drug-likeness (QED) is 0.119. The topological polar surface area (TPSA) is 46.2 Å². The summed E-state index contributed by atoms with van der Waals surface area (Å²) in [6.07, 6.45) is -1.48. The first-order valence-corrected chi connectivity index (χ1v) is 16.8. The second-order valence-corrected chi connectivity index (χ2v) is 12.3. The molecule has 0 bridgehead atoms. The third-order valence-corrected chi connectivity index (χ3v) is 8.76. The van der Waals surface area contributed by atoms with E-state index in [4.69, 9.17) is 35.3 Å². The Hall–Kier alpha value is -4.39. The molecular formula is C42H41ClO5.